The Kier molecular flexibility index (Phi) is 5.51. The maximum absolute atomic E-state index is 12.9. The van der Waals surface area contributed by atoms with Crippen molar-refractivity contribution in [2.45, 2.75) is 38.9 Å². The number of carbonyl (C=O) groups is 1. The first kappa shape index (κ1) is 20.7. The van der Waals surface area contributed by atoms with Crippen molar-refractivity contribution in [2.75, 3.05) is 5.32 Å². The highest BCUT2D eigenvalue weighted by molar-refractivity contribution is 5.95. The molecule has 0 aliphatic carbocycles. The molecule has 1 amide bonds. The summed E-state index contributed by atoms with van der Waals surface area (Å²) in [6.45, 7) is 3.15. The summed E-state index contributed by atoms with van der Waals surface area (Å²) in [5.41, 5.74) is 2.10. The van der Waals surface area contributed by atoms with Crippen molar-refractivity contribution in [2.24, 2.45) is 7.05 Å². The number of nitrogens with zero attached hydrogens (tertiary/aromatic N) is 8. The van der Waals surface area contributed by atoms with E-state index in [0.717, 1.165) is 42.5 Å². The minimum Gasteiger partial charge on any atom is -0.378 e. The van der Waals surface area contributed by atoms with Crippen LogP contribution in [-0.2, 0) is 20.1 Å². The van der Waals surface area contributed by atoms with E-state index < -0.39 is 0 Å². The fourth-order valence-electron chi connectivity index (χ4n) is 3.96. The van der Waals surface area contributed by atoms with Gasteiger partial charge in [0.2, 0.25) is 0 Å². The van der Waals surface area contributed by atoms with Gasteiger partial charge in [-0.2, -0.15) is 5.10 Å². The van der Waals surface area contributed by atoms with Gasteiger partial charge in [-0.1, -0.05) is 6.07 Å². The number of benzene rings is 1. The molecule has 1 aliphatic heterocycles. The lowest BCUT2D eigenvalue weighted by Gasteiger charge is -2.23. The van der Waals surface area contributed by atoms with Crippen molar-refractivity contribution in [3.05, 3.63) is 65.9 Å². The van der Waals surface area contributed by atoms with Gasteiger partial charge in [0.05, 0.1) is 12.6 Å². The molecule has 0 spiro atoms. The predicted molar refractivity (Wildman–Crippen MR) is 120 cm³/mol. The molecule has 1 aromatic carbocycles. The molecule has 2 N–H and O–H groups in total. The van der Waals surface area contributed by atoms with Crippen LogP contribution in [0.2, 0.25) is 0 Å². The van der Waals surface area contributed by atoms with Crippen molar-refractivity contribution in [3.63, 3.8) is 0 Å². The molecule has 3 aromatic heterocycles. The van der Waals surface area contributed by atoms with Gasteiger partial charge in [0.1, 0.15) is 23.7 Å². The lowest BCUT2D eigenvalue weighted by atomic mass is 10.1. The molecule has 1 atom stereocenters. The normalized spacial score (nSPS) is 15.2. The molecular weight excluding hydrogens is 420 g/mol. The monoisotopic (exact) mass is 444 g/mol. The highest BCUT2D eigenvalue weighted by Crippen LogP contribution is 2.24. The Balaban J connectivity index is 1.26. The highest BCUT2D eigenvalue weighted by Gasteiger charge is 2.25. The van der Waals surface area contributed by atoms with Gasteiger partial charge < -0.3 is 15.2 Å². The molecule has 33 heavy (non-hydrogen) atoms. The third-order valence-corrected chi connectivity index (χ3v) is 5.64. The average Bonchev–Trinajstić information content (AvgIpc) is 3.40. The van der Waals surface area contributed by atoms with Crippen molar-refractivity contribution in [1.29, 1.82) is 0 Å². The van der Waals surface area contributed by atoms with Crippen LogP contribution in [0.5, 0.6) is 0 Å². The second-order valence-electron chi connectivity index (χ2n) is 7.94. The van der Waals surface area contributed by atoms with Crippen LogP contribution in [0.25, 0.3) is 11.5 Å². The number of rotatable bonds is 6. The summed E-state index contributed by atoms with van der Waals surface area (Å²) in [6.07, 6.45) is 4.96. The summed E-state index contributed by atoms with van der Waals surface area (Å²) < 4.78 is 3.77. The van der Waals surface area contributed by atoms with Gasteiger partial charge >= 0.3 is 0 Å². The molecule has 0 saturated carbocycles. The predicted octanol–water partition coefficient (Wildman–Crippen LogP) is 2.05. The fourth-order valence-corrected chi connectivity index (χ4v) is 3.96. The van der Waals surface area contributed by atoms with E-state index in [1.807, 2.05) is 41.4 Å². The van der Waals surface area contributed by atoms with E-state index in [9.17, 15) is 4.79 Å². The number of nitrogens with one attached hydrogen (secondary N) is 2. The minimum absolute atomic E-state index is 0.136. The first-order valence-electron chi connectivity index (χ1n) is 10.8. The molecule has 168 valence electrons. The average molecular weight is 445 g/mol. The summed E-state index contributed by atoms with van der Waals surface area (Å²) in [4.78, 5) is 25.6. The van der Waals surface area contributed by atoms with E-state index in [1.54, 1.807) is 18.3 Å². The van der Waals surface area contributed by atoms with Crippen LogP contribution in [0.4, 0.5) is 5.69 Å². The van der Waals surface area contributed by atoms with Crippen molar-refractivity contribution >= 4 is 11.6 Å². The Labute approximate surface area is 190 Å². The Morgan fingerprint density at radius 3 is 3.00 bits per heavy atom. The number of aryl methyl sites for hydroxylation is 2. The molecule has 0 fully saturated rings. The van der Waals surface area contributed by atoms with Crippen LogP contribution in [0.1, 0.15) is 46.7 Å². The van der Waals surface area contributed by atoms with Crippen LogP contribution in [-0.4, -0.2) is 45.4 Å². The standard InChI is InChI=1S/C22H24N10O/c1-14-26-20-18(7-4-10-32(20)30-14)27-22(33)15-5-3-6-16(11-15)24-12-19-28-29-21(31(19)2)17-8-9-23-13-25-17/h3,5-6,8-9,11,13,18,24H,4,7,10,12H2,1-2H3,(H,27,33). The molecule has 11 heteroatoms. The third-order valence-electron chi connectivity index (χ3n) is 5.64. The lowest BCUT2D eigenvalue weighted by molar-refractivity contribution is 0.0927. The molecule has 5 rings (SSSR count). The maximum atomic E-state index is 12.9. The van der Waals surface area contributed by atoms with E-state index >= 15 is 0 Å². The molecular formula is C22H24N10O. The lowest BCUT2D eigenvalue weighted by Crippen LogP contribution is -2.33. The van der Waals surface area contributed by atoms with E-state index in [2.05, 4.69) is 40.9 Å². The van der Waals surface area contributed by atoms with E-state index in [-0.39, 0.29) is 11.9 Å². The fraction of sp³-hybridized carbons (Fsp3) is 0.318. The van der Waals surface area contributed by atoms with Gasteiger partial charge in [-0.05, 0) is 44.0 Å². The van der Waals surface area contributed by atoms with Gasteiger partial charge in [-0.25, -0.2) is 19.6 Å². The van der Waals surface area contributed by atoms with Crippen LogP contribution < -0.4 is 10.6 Å². The Morgan fingerprint density at radius 2 is 2.15 bits per heavy atom. The first-order valence-corrected chi connectivity index (χ1v) is 10.8. The van der Waals surface area contributed by atoms with Crippen molar-refractivity contribution in [1.82, 2.24) is 44.8 Å². The second-order valence-corrected chi connectivity index (χ2v) is 7.94. The minimum atomic E-state index is -0.137. The number of anilines is 1. The molecule has 1 aliphatic rings. The number of aromatic nitrogens is 8. The van der Waals surface area contributed by atoms with Crippen LogP contribution in [0.3, 0.4) is 0 Å². The summed E-state index contributed by atoms with van der Waals surface area (Å²) in [5, 5.41) is 19.3. The van der Waals surface area contributed by atoms with E-state index in [1.165, 1.54) is 6.33 Å². The Morgan fingerprint density at radius 1 is 1.24 bits per heavy atom. The molecule has 1 unspecified atom stereocenters. The second kappa shape index (κ2) is 8.77. The maximum Gasteiger partial charge on any atom is 0.251 e. The van der Waals surface area contributed by atoms with Gasteiger partial charge in [0.25, 0.3) is 5.91 Å². The largest absolute Gasteiger partial charge is 0.378 e. The first-order chi connectivity index (χ1) is 16.1. The van der Waals surface area contributed by atoms with Crippen LogP contribution in [0.15, 0.2) is 42.9 Å². The van der Waals surface area contributed by atoms with E-state index in [0.29, 0.717) is 23.6 Å². The van der Waals surface area contributed by atoms with Gasteiger partial charge in [0.15, 0.2) is 11.6 Å². The SMILES string of the molecule is Cc1nc2n(n1)CCCC2NC(=O)c1cccc(NCc2nnc(-c3ccncn3)n2C)c1. The zero-order chi connectivity index (χ0) is 22.8. The Bertz CT molecular complexity index is 1280. The molecule has 0 bridgehead atoms. The number of fused-ring (bicyclic) bond motifs is 1. The Hall–Kier alpha value is -4.15. The quantitative estimate of drug-likeness (QED) is 0.462. The smallest absolute Gasteiger partial charge is 0.251 e. The van der Waals surface area contributed by atoms with Crippen molar-refractivity contribution in [3.8, 4) is 11.5 Å². The highest BCUT2D eigenvalue weighted by atomic mass is 16.1. The summed E-state index contributed by atoms with van der Waals surface area (Å²) in [7, 11) is 1.89. The van der Waals surface area contributed by atoms with Crippen LogP contribution in [0, 0.1) is 6.92 Å². The zero-order valence-electron chi connectivity index (χ0n) is 18.4. The topological polar surface area (TPSA) is 128 Å². The van der Waals surface area contributed by atoms with Gasteiger partial charge in [-0.3, -0.25) is 4.79 Å². The molecule has 11 nitrogen and oxygen atoms in total. The van der Waals surface area contributed by atoms with Crippen LogP contribution >= 0.6 is 0 Å². The van der Waals surface area contributed by atoms with Crippen molar-refractivity contribution < 1.29 is 4.79 Å². The molecule has 4 heterocycles. The number of hydrogen-bond donors (Lipinski definition) is 2. The van der Waals surface area contributed by atoms with E-state index in [4.69, 9.17) is 0 Å². The summed E-state index contributed by atoms with van der Waals surface area (Å²) in [5.74, 6) is 2.82. The van der Waals surface area contributed by atoms with Gasteiger partial charge in [-0.15, -0.1) is 10.2 Å². The van der Waals surface area contributed by atoms with Gasteiger partial charge in [0, 0.05) is 31.0 Å². The summed E-state index contributed by atoms with van der Waals surface area (Å²) in [6, 6.07) is 9.06. The number of hydrogen-bond acceptors (Lipinski definition) is 8. The number of carbonyl (C=O) groups excluding carboxylic acids is 1. The third kappa shape index (κ3) is 4.29. The molecule has 0 radical (unpaired) electrons. The number of amides is 1. The molecule has 0 saturated heterocycles. The molecule has 4 aromatic rings. The summed E-state index contributed by atoms with van der Waals surface area (Å²) >= 11 is 0. The zero-order valence-corrected chi connectivity index (χ0v) is 18.4.